The summed E-state index contributed by atoms with van der Waals surface area (Å²) in [6, 6.07) is 1.79. The van der Waals surface area contributed by atoms with Crippen LogP contribution in [0, 0.1) is 5.92 Å². The molecule has 0 unspecified atom stereocenters. The van der Waals surface area contributed by atoms with Crippen LogP contribution in [0.4, 0.5) is 0 Å². The molecule has 0 spiro atoms. The zero-order valence-electron chi connectivity index (χ0n) is 13.6. The van der Waals surface area contributed by atoms with Gasteiger partial charge in [-0.1, -0.05) is 18.7 Å². The number of nitrogens with one attached hydrogen (secondary N) is 1. The van der Waals surface area contributed by atoms with Crippen LogP contribution in [0.5, 0.6) is 0 Å². The van der Waals surface area contributed by atoms with Crippen molar-refractivity contribution in [1.82, 2.24) is 19.9 Å². The van der Waals surface area contributed by atoms with E-state index in [1.54, 1.807) is 29.8 Å². The zero-order valence-corrected chi connectivity index (χ0v) is 15.2. The van der Waals surface area contributed by atoms with Crippen molar-refractivity contribution < 1.29 is 0 Å². The maximum Gasteiger partial charge on any atom is 0.259 e. The molecular formula is C17H18N4OS2. The molecule has 24 heavy (non-hydrogen) atoms. The molecule has 0 radical (unpaired) electrons. The molecule has 1 N–H and O–H groups in total. The first-order chi connectivity index (χ1) is 11.6. The summed E-state index contributed by atoms with van der Waals surface area (Å²) in [6.07, 6.45) is 6.64. The van der Waals surface area contributed by atoms with Gasteiger partial charge >= 0.3 is 0 Å². The van der Waals surface area contributed by atoms with E-state index >= 15 is 0 Å². The van der Waals surface area contributed by atoms with Crippen LogP contribution in [0.3, 0.4) is 0 Å². The molecular weight excluding hydrogens is 340 g/mol. The normalized spacial score (nSPS) is 18.5. The van der Waals surface area contributed by atoms with Crippen LogP contribution in [-0.2, 0) is 12.8 Å². The zero-order chi connectivity index (χ0) is 16.7. The molecule has 3 heterocycles. The first-order valence-corrected chi connectivity index (χ1v) is 9.79. The van der Waals surface area contributed by atoms with Crippen molar-refractivity contribution in [2.75, 3.05) is 0 Å². The molecule has 124 valence electrons. The lowest BCUT2D eigenvalue weighted by Gasteiger charge is -2.17. The third-order valence-electron chi connectivity index (χ3n) is 4.39. The minimum absolute atomic E-state index is 0.0107. The van der Waals surface area contributed by atoms with Crippen LogP contribution in [0.1, 0.15) is 41.8 Å². The average Bonchev–Trinajstić information content (AvgIpc) is 2.93. The molecule has 4 rings (SSSR count). The summed E-state index contributed by atoms with van der Waals surface area (Å²) in [5.74, 6) is 1.38. The number of thiophene rings is 1. The van der Waals surface area contributed by atoms with Crippen molar-refractivity contribution in [3.63, 3.8) is 0 Å². The van der Waals surface area contributed by atoms with Crippen LogP contribution in [0.15, 0.2) is 28.4 Å². The summed E-state index contributed by atoms with van der Waals surface area (Å²) in [7, 11) is 0. The van der Waals surface area contributed by atoms with Gasteiger partial charge in [-0.05, 0) is 43.7 Å². The molecule has 0 saturated heterocycles. The molecule has 2 atom stereocenters. The summed E-state index contributed by atoms with van der Waals surface area (Å²) in [5, 5.41) is 1.48. The number of rotatable bonds is 3. The Labute approximate surface area is 148 Å². The lowest BCUT2D eigenvalue weighted by molar-refractivity contribution is 0.509. The summed E-state index contributed by atoms with van der Waals surface area (Å²) >= 11 is 3.18. The Morgan fingerprint density at radius 1 is 1.38 bits per heavy atom. The van der Waals surface area contributed by atoms with E-state index in [0.717, 1.165) is 29.5 Å². The van der Waals surface area contributed by atoms with Crippen molar-refractivity contribution in [2.45, 2.75) is 43.5 Å². The quantitative estimate of drug-likeness (QED) is 0.570. The fourth-order valence-electron chi connectivity index (χ4n) is 3.12. The second kappa shape index (κ2) is 6.29. The lowest BCUT2D eigenvalue weighted by Crippen LogP contribution is -2.15. The molecule has 3 aromatic heterocycles. The van der Waals surface area contributed by atoms with E-state index in [1.807, 2.05) is 6.92 Å². The molecule has 1 aliphatic rings. The first-order valence-electron chi connectivity index (χ1n) is 8.10. The third-order valence-corrected chi connectivity index (χ3v) is 6.54. The number of H-pyrrole nitrogens is 1. The SMILES string of the molecule is C[C@H]1CCc2c(sc3nc([C@@H](C)Sc4ncccn4)[nH]c(=O)c23)C1. The van der Waals surface area contributed by atoms with Gasteiger partial charge < -0.3 is 4.98 Å². The second-order valence-corrected chi connectivity index (χ2v) is 8.67. The van der Waals surface area contributed by atoms with Gasteiger partial charge in [-0.25, -0.2) is 15.0 Å². The van der Waals surface area contributed by atoms with E-state index < -0.39 is 0 Å². The van der Waals surface area contributed by atoms with Gasteiger partial charge in [0.2, 0.25) is 0 Å². The summed E-state index contributed by atoms with van der Waals surface area (Å²) in [5.41, 5.74) is 1.21. The smallest absolute Gasteiger partial charge is 0.259 e. The Balaban J connectivity index is 1.71. The molecule has 0 aliphatic heterocycles. The Morgan fingerprint density at radius 3 is 2.96 bits per heavy atom. The molecule has 0 aromatic carbocycles. The maximum atomic E-state index is 12.6. The number of nitrogens with zero attached hydrogens (tertiary/aromatic N) is 3. The third kappa shape index (κ3) is 2.86. The van der Waals surface area contributed by atoms with Crippen LogP contribution in [0.2, 0.25) is 0 Å². The van der Waals surface area contributed by atoms with E-state index in [4.69, 9.17) is 4.98 Å². The fourth-order valence-corrected chi connectivity index (χ4v) is 5.29. The highest BCUT2D eigenvalue weighted by atomic mass is 32.2. The van der Waals surface area contributed by atoms with E-state index in [-0.39, 0.29) is 10.8 Å². The van der Waals surface area contributed by atoms with E-state index in [1.165, 1.54) is 22.2 Å². The molecule has 1 aliphatic carbocycles. The van der Waals surface area contributed by atoms with Gasteiger partial charge in [-0.3, -0.25) is 4.79 Å². The number of thioether (sulfide) groups is 1. The summed E-state index contributed by atoms with van der Waals surface area (Å²) < 4.78 is 0. The highest BCUT2D eigenvalue weighted by Crippen LogP contribution is 2.37. The molecule has 7 heteroatoms. The highest BCUT2D eigenvalue weighted by molar-refractivity contribution is 7.99. The molecule has 0 amide bonds. The first kappa shape index (κ1) is 15.8. The van der Waals surface area contributed by atoms with Gasteiger partial charge in [0.05, 0.1) is 10.6 Å². The van der Waals surface area contributed by atoms with Crippen molar-refractivity contribution >= 4 is 33.3 Å². The van der Waals surface area contributed by atoms with Gasteiger partial charge in [-0.15, -0.1) is 11.3 Å². The fraction of sp³-hybridized carbons (Fsp3) is 0.412. The van der Waals surface area contributed by atoms with Crippen molar-refractivity contribution in [1.29, 1.82) is 0 Å². The number of aromatic amines is 1. The largest absolute Gasteiger partial charge is 0.309 e. The van der Waals surface area contributed by atoms with Crippen LogP contribution < -0.4 is 5.56 Å². The summed E-state index contributed by atoms with van der Waals surface area (Å²) in [6.45, 7) is 4.29. The minimum Gasteiger partial charge on any atom is -0.309 e. The Bertz CT molecular complexity index is 935. The van der Waals surface area contributed by atoms with E-state index in [2.05, 4.69) is 21.9 Å². The van der Waals surface area contributed by atoms with Crippen LogP contribution >= 0.6 is 23.1 Å². The van der Waals surface area contributed by atoms with Gasteiger partial charge in [0, 0.05) is 17.3 Å². The molecule has 0 bridgehead atoms. The Morgan fingerprint density at radius 2 is 2.17 bits per heavy atom. The number of aryl methyl sites for hydroxylation is 1. The number of hydrogen-bond donors (Lipinski definition) is 1. The van der Waals surface area contributed by atoms with Gasteiger partial charge in [-0.2, -0.15) is 0 Å². The predicted octanol–water partition coefficient (Wildman–Crippen LogP) is 3.75. The van der Waals surface area contributed by atoms with Crippen molar-refractivity contribution in [3.05, 3.63) is 45.1 Å². The Hall–Kier alpha value is -1.73. The Kier molecular flexibility index (Phi) is 4.14. The standard InChI is InChI=1S/C17H18N4OS2/c1-9-4-5-11-12(8-9)24-16-13(11)15(22)20-14(21-16)10(2)23-17-18-6-3-7-19-17/h3,6-7,9-10H,4-5,8H2,1-2H3,(H,20,21,22)/t9-,10+/m0/s1. The van der Waals surface area contributed by atoms with E-state index in [0.29, 0.717) is 16.9 Å². The minimum atomic E-state index is -0.0115. The molecule has 5 nitrogen and oxygen atoms in total. The predicted molar refractivity (Wildman–Crippen MR) is 97.7 cm³/mol. The van der Waals surface area contributed by atoms with Crippen LogP contribution in [-0.4, -0.2) is 19.9 Å². The van der Waals surface area contributed by atoms with Gasteiger partial charge in [0.25, 0.3) is 5.56 Å². The second-order valence-electron chi connectivity index (χ2n) is 6.27. The highest BCUT2D eigenvalue weighted by Gasteiger charge is 2.24. The number of hydrogen-bond acceptors (Lipinski definition) is 6. The molecule has 0 fully saturated rings. The molecule has 3 aromatic rings. The van der Waals surface area contributed by atoms with Crippen molar-refractivity contribution in [2.24, 2.45) is 5.92 Å². The van der Waals surface area contributed by atoms with Gasteiger partial charge in [0.1, 0.15) is 10.7 Å². The topological polar surface area (TPSA) is 71.5 Å². The van der Waals surface area contributed by atoms with Crippen molar-refractivity contribution in [3.8, 4) is 0 Å². The van der Waals surface area contributed by atoms with E-state index in [9.17, 15) is 4.79 Å². The maximum absolute atomic E-state index is 12.6. The number of aromatic nitrogens is 4. The number of fused-ring (bicyclic) bond motifs is 3. The van der Waals surface area contributed by atoms with Crippen LogP contribution in [0.25, 0.3) is 10.2 Å². The monoisotopic (exact) mass is 358 g/mol. The average molecular weight is 358 g/mol. The molecule has 0 saturated carbocycles. The van der Waals surface area contributed by atoms with Gasteiger partial charge in [0.15, 0.2) is 5.16 Å². The lowest BCUT2D eigenvalue weighted by atomic mass is 9.89. The summed E-state index contributed by atoms with van der Waals surface area (Å²) in [4.78, 5) is 31.0.